The van der Waals surface area contributed by atoms with Gasteiger partial charge < -0.3 is 15.3 Å². The number of nitrogens with zero attached hydrogens (tertiary/aromatic N) is 1. The number of aliphatic hydroxyl groups is 1. The molecule has 2 N–H and O–H groups in total. The molecular weight excluding hydrogens is 311 g/mol. The highest BCUT2D eigenvalue weighted by atomic mass is 19.1. The van der Waals surface area contributed by atoms with Gasteiger partial charge in [-0.1, -0.05) is 0 Å². The molecule has 2 rings (SSSR count). The molecule has 1 heterocycles. The number of carbonyl (C=O) groups excluding carboxylic acids is 2. The average Bonchev–Trinajstić information content (AvgIpc) is 2.59. The van der Waals surface area contributed by atoms with Gasteiger partial charge in [0.15, 0.2) is 0 Å². The largest absolute Gasteiger partial charge is 0.396 e. The van der Waals surface area contributed by atoms with Gasteiger partial charge in [-0.05, 0) is 56.4 Å². The van der Waals surface area contributed by atoms with E-state index in [0.717, 1.165) is 25.8 Å². The van der Waals surface area contributed by atoms with Crippen LogP contribution in [0.25, 0.3) is 0 Å². The van der Waals surface area contributed by atoms with E-state index >= 15 is 0 Å². The summed E-state index contributed by atoms with van der Waals surface area (Å²) < 4.78 is 12.8. The zero-order valence-corrected chi connectivity index (χ0v) is 13.8. The molecule has 1 aromatic carbocycles. The van der Waals surface area contributed by atoms with E-state index in [2.05, 4.69) is 5.32 Å². The molecule has 1 atom stereocenters. The summed E-state index contributed by atoms with van der Waals surface area (Å²) in [6, 6.07) is 5.50. The fourth-order valence-electron chi connectivity index (χ4n) is 3.07. The number of nitrogens with one attached hydrogen (secondary N) is 1. The van der Waals surface area contributed by atoms with Crippen LogP contribution in [0.1, 0.15) is 48.9 Å². The highest BCUT2D eigenvalue weighted by Gasteiger charge is 2.25. The van der Waals surface area contributed by atoms with E-state index in [1.165, 1.54) is 24.3 Å². The molecular formula is C18H25FN2O3. The number of benzene rings is 1. The second-order valence-corrected chi connectivity index (χ2v) is 6.12. The van der Waals surface area contributed by atoms with Crippen molar-refractivity contribution in [2.24, 2.45) is 0 Å². The zero-order chi connectivity index (χ0) is 17.4. The fraction of sp³-hybridized carbons (Fsp3) is 0.556. The summed E-state index contributed by atoms with van der Waals surface area (Å²) in [5.41, 5.74) is 0.404. The number of aliphatic hydroxyl groups excluding tert-OH is 1. The van der Waals surface area contributed by atoms with E-state index in [1.807, 2.05) is 4.90 Å². The van der Waals surface area contributed by atoms with Crippen molar-refractivity contribution in [1.82, 2.24) is 10.2 Å². The molecule has 132 valence electrons. The van der Waals surface area contributed by atoms with Crippen molar-refractivity contribution in [3.63, 3.8) is 0 Å². The first-order chi connectivity index (χ1) is 11.6. The Morgan fingerprint density at radius 2 is 2.00 bits per heavy atom. The molecule has 5 nitrogen and oxygen atoms in total. The van der Waals surface area contributed by atoms with Crippen LogP contribution in [0.3, 0.4) is 0 Å². The van der Waals surface area contributed by atoms with Crippen molar-refractivity contribution in [2.45, 2.75) is 44.6 Å². The lowest BCUT2D eigenvalue weighted by molar-refractivity contribution is -0.135. The average molecular weight is 336 g/mol. The number of carbonyl (C=O) groups is 2. The van der Waals surface area contributed by atoms with Crippen LogP contribution in [0.2, 0.25) is 0 Å². The number of rotatable bonds is 7. The molecule has 1 fully saturated rings. The molecule has 1 saturated heterocycles. The number of hydrogen-bond donors (Lipinski definition) is 2. The van der Waals surface area contributed by atoms with Gasteiger partial charge in [-0.2, -0.15) is 0 Å². The summed E-state index contributed by atoms with van der Waals surface area (Å²) in [5, 5.41) is 11.9. The molecule has 1 aliphatic rings. The van der Waals surface area contributed by atoms with Gasteiger partial charge in [0.2, 0.25) is 5.91 Å². The normalized spacial score (nSPS) is 17.6. The zero-order valence-electron chi connectivity index (χ0n) is 13.8. The molecule has 1 aliphatic heterocycles. The SMILES string of the molecule is O=C(NCCCC(=O)N1CCCCC1CCO)c1ccc(F)cc1. The lowest BCUT2D eigenvalue weighted by Crippen LogP contribution is -2.44. The summed E-state index contributed by atoms with van der Waals surface area (Å²) in [6.45, 7) is 1.26. The monoisotopic (exact) mass is 336 g/mol. The van der Waals surface area contributed by atoms with E-state index < -0.39 is 0 Å². The molecule has 0 aromatic heterocycles. The third-order valence-corrected chi connectivity index (χ3v) is 4.37. The molecule has 24 heavy (non-hydrogen) atoms. The van der Waals surface area contributed by atoms with E-state index in [-0.39, 0.29) is 30.3 Å². The van der Waals surface area contributed by atoms with Gasteiger partial charge >= 0.3 is 0 Å². The van der Waals surface area contributed by atoms with Crippen molar-refractivity contribution in [1.29, 1.82) is 0 Å². The number of halogens is 1. The maximum atomic E-state index is 12.8. The predicted molar refractivity (Wildman–Crippen MR) is 89.0 cm³/mol. The van der Waals surface area contributed by atoms with E-state index in [4.69, 9.17) is 5.11 Å². The minimum absolute atomic E-state index is 0.0872. The highest BCUT2D eigenvalue weighted by Crippen LogP contribution is 2.20. The lowest BCUT2D eigenvalue weighted by atomic mass is 9.99. The Hall–Kier alpha value is -1.95. The highest BCUT2D eigenvalue weighted by molar-refractivity contribution is 5.94. The fourth-order valence-corrected chi connectivity index (χ4v) is 3.07. The number of hydrogen-bond acceptors (Lipinski definition) is 3. The third-order valence-electron chi connectivity index (χ3n) is 4.37. The minimum Gasteiger partial charge on any atom is -0.396 e. The summed E-state index contributed by atoms with van der Waals surface area (Å²) >= 11 is 0. The van der Waals surface area contributed by atoms with Crippen LogP contribution in [-0.2, 0) is 4.79 Å². The third kappa shape index (κ3) is 5.30. The van der Waals surface area contributed by atoms with Crippen molar-refractivity contribution < 1.29 is 19.1 Å². The Morgan fingerprint density at radius 1 is 1.25 bits per heavy atom. The smallest absolute Gasteiger partial charge is 0.251 e. The molecule has 2 amide bonds. The van der Waals surface area contributed by atoms with E-state index in [1.54, 1.807) is 0 Å². The van der Waals surface area contributed by atoms with Crippen LogP contribution in [0.15, 0.2) is 24.3 Å². The van der Waals surface area contributed by atoms with Crippen molar-refractivity contribution in [2.75, 3.05) is 19.7 Å². The van der Waals surface area contributed by atoms with Crippen LogP contribution >= 0.6 is 0 Å². The predicted octanol–water partition coefficient (Wildman–Crippen LogP) is 2.10. The van der Waals surface area contributed by atoms with Gasteiger partial charge in [-0.3, -0.25) is 9.59 Å². The Morgan fingerprint density at radius 3 is 2.71 bits per heavy atom. The standard InChI is InChI=1S/C18H25FN2O3/c19-15-8-6-14(7-9-15)18(24)20-11-3-5-17(23)21-12-2-1-4-16(21)10-13-22/h6-9,16,22H,1-5,10-13H2,(H,20,24). The Kier molecular flexibility index (Phi) is 7.18. The molecule has 0 saturated carbocycles. The van der Waals surface area contributed by atoms with Gasteiger partial charge in [0, 0.05) is 37.7 Å². The van der Waals surface area contributed by atoms with Crippen molar-refractivity contribution >= 4 is 11.8 Å². The summed E-state index contributed by atoms with van der Waals surface area (Å²) in [7, 11) is 0. The van der Waals surface area contributed by atoms with E-state index in [9.17, 15) is 14.0 Å². The van der Waals surface area contributed by atoms with Gasteiger partial charge in [0.1, 0.15) is 5.82 Å². The molecule has 0 radical (unpaired) electrons. The Balaban J connectivity index is 1.72. The maximum absolute atomic E-state index is 12.8. The summed E-state index contributed by atoms with van der Waals surface area (Å²) in [4.78, 5) is 26.1. The van der Waals surface area contributed by atoms with Gasteiger partial charge in [0.05, 0.1) is 0 Å². The first-order valence-corrected chi connectivity index (χ1v) is 8.56. The van der Waals surface area contributed by atoms with Crippen LogP contribution < -0.4 is 5.32 Å². The summed E-state index contributed by atoms with van der Waals surface area (Å²) in [5.74, 6) is -0.557. The maximum Gasteiger partial charge on any atom is 0.251 e. The molecule has 1 aromatic rings. The molecule has 6 heteroatoms. The van der Waals surface area contributed by atoms with Crippen molar-refractivity contribution in [3.8, 4) is 0 Å². The van der Waals surface area contributed by atoms with Gasteiger partial charge in [0.25, 0.3) is 5.91 Å². The first-order valence-electron chi connectivity index (χ1n) is 8.56. The van der Waals surface area contributed by atoms with Gasteiger partial charge in [-0.25, -0.2) is 4.39 Å². The number of amides is 2. The number of likely N-dealkylation sites (tertiary alicyclic amines) is 1. The second-order valence-electron chi connectivity index (χ2n) is 6.12. The lowest BCUT2D eigenvalue weighted by Gasteiger charge is -2.35. The molecule has 1 unspecified atom stereocenters. The summed E-state index contributed by atoms with van der Waals surface area (Å²) in [6.07, 6.45) is 4.64. The van der Waals surface area contributed by atoms with Crippen LogP contribution in [0.4, 0.5) is 4.39 Å². The van der Waals surface area contributed by atoms with Crippen LogP contribution in [0.5, 0.6) is 0 Å². The minimum atomic E-state index is -0.379. The molecule has 0 bridgehead atoms. The quantitative estimate of drug-likeness (QED) is 0.749. The van der Waals surface area contributed by atoms with Crippen molar-refractivity contribution in [3.05, 3.63) is 35.6 Å². The Labute approximate surface area is 141 Å². The van der Waals surface area contributed by atoms with E-state index in [0.29, 0.717) is 31.4 Å². The van der Waals surface area contributed by atoms with Crippen LogP contribution in [0, 0.1) is 5.82 Å². The Bertz CT molecular complexity index is 546. The molecule has 0 spiro atoms. The van der Waals surface area contributed by atoms with Gasteiger partial charge in [-0.15, -0.1) is 0 Å². The second kappa shape index (κ2) is 9.37. The first kappa shape index (κ1) is 18.4. The number of piperidine rings is 1. The molecule has 0 aliphatic carbocycles. The topological polar surface area (TPSA) is 69.6 Å². The van der Waals surface area contributed by atoms with Crippen LogP contribution in [-0.4, -0.2) is 47.6 Å².